The van der Waals surface area contributed by atoms with Crippen molar-refractivity contribution in [3.63, 3.8) is 0 Å². The van der Waals surface area contributed by atoms with E-state index in [1.807, 2.05) is 19.2 Å². The van der Waals surface area contributed by atoms with Crippen molar-refractivity contribution in [3.8, 4) is 11.3 Å². The molecule has 0 saturated carbocycles. The number of aromatic nitrogens is 2. The standard InChI is InChI=1S/C16H19N3O2/c1-4-19-10-12-14(16(20)21-5-2)17-18(3)15(12)11-8-6-7-9-13(11)19/h6-9H,4-5,10H2,1-3H3. The van der Waals surface area contributed by atoms with Crippen LogP contribution in [0.2, 0.25) is 0 Å². The summed E-state index contributed by atoms with van der Waals surface area (Å²) in [7, 11) is 1.87. The van der Waals surface area contributed by atoms with Crippen molar-refractivity contribution in [2.75, 3.05) is 18.1 Å². The van der Waals surface area contributed by atoms with Crippen LogP contribution in [-0.2, 0) is 18.3 Å². The fourth-order valence-electron chi connectivity index (χ4n) is 2.93. The Morgan fingerprint density at radius 3 is 2.81 bits per heavy atom. The van der Waals surface area contributed by atoms with Gasteiger partial charge < -0.3 is 9.64 Å². The second kappa shape index (κ2) is 5.24. The average Bonchev–Trinajstić information content (AvgIpc) is 2.84. The lowest BCUT2D eigenvalue weighted by Gasteiger charge is -2.30. The lowest BCUT2D eigenvalue weighted by molar-refractivity contribution is 0.0517. The van der Waals surface area contributed by atoms with Gasteiger partial charge in [-0.1, -0.05) is 18.2 Å². The number of hydrogen-bond acceptors (Lipinski definition) is 4. The number of aryl methyl sites for hydroxylation is 1. The van der Waals surface area contributed by atoms with Crippen molar-refractivity contribution in [3.05, 3.63) is 35.5 Å². The molecule has 1 aliphatic heterocycles. The van der Waals surface area contributed by atoms with Crippen molar-refractivity contribution < 1.29 is 9.53 Å². The van der Waals surface area contributed by atoms with E-state index in [9.17, 15) is 4.79 Å². The van der Waals surface area contributed by atoms with Crippen LogP contribution >= 0.6 is 0 Å². The first kappa shape index (κ1) is 13.7. The number of esters is 1. The number of carbonyl (C=O) groups excluding carboxylic acids is 1. The van der Waals surface area contributed by atoms with Gasteiger partial charge in [0.05, 0.1) is 12.3 Å². The summed E-state index contributed by atoms with van der Waals surface area (Å²) in [5.74, 6) is -0.343. The fraction of sp³-hybridized carbons (Fsp3) is 0.375. The lowest BCUT2D eigenvalue weighted by Crippen LogP contribution is -2.27. The quantitative estimate of drug-likeness (QED) is 0.813. The molecule has 1 aliphatic rings. The van der Waals surface area contributed by atoms with Crippen LogP contribution in [0.25, 0.3) is 11.3 Å². The summed E-state index contributed by atoms with van der Waals surface area (Å²) in [6.45, 7) is 5.85. The number of carbonyl (C=O) groups is 1. The van der Waals surface area contributed by atoms with Crippen LogP contribution in [-0.4, -0.2) is 28.9 Å². The van der Waals surface area contributed by atoms with Gasteiger partial charge in [-0.3, -0.25) is 4.68 Å². The van der Waals surface area contributed by atoms with E-state index < -0.39 is 0 Å². The van der Waals surface area contributed by atoms with E-state index in [1.165, 1.54) is 5.69 Å². The minimum atomic E-state index is -0.343. The third-order valence-electron chi connectivity index (χ3n) is 3.84. The molecule has 0 N–H and O–H groups in total. The highest BCUT2D eigenvalue weighted by atomic mass is 16.5. The van der Waals surface area contributed by atoms with Gasteiger partial charge in [-0.05, 0) is 19.9 Å². The summed E-state index contributed by atoms with van der Waals surface area (Å²) >= 11 is 0. The van der Waals surface area contributed by atoms with Crippen LogP contribution in [0.4, 0.5) is 5.69 Å². The Hall–Kier alpha value is -2.30. The normalized spacial score (nSPS) is 12.8. The van der Waals surface area contributed by atoms with Gasteiger partial charge in [0, 0.05) is 37.0 Å². The summed E-state index contributed by atoms with van der Waals surface area (Å²) in [5.41, 5.74) is 4.70. The highest BCUT2D eigenvalue weighted by molar-refractivity contribution is 5.94. The van der Waals surface area contributed by atoms with Gasteiger partial charge in [0.1, 0.15) is 0 Å². The topological polar surface area (TPSA) is 47.4 Å². The van der Waals surface area contributed by atoms with Crippen molar-refractivity contribution in [2.45, 2.75) is 20.4 Å². The molecule has 3 rings (SSSR count). The van der Waals surface area contributed by atoms with E-state index in [-0.39, 0.29) is 5.97 Å². The molecule has 1 aromatic heterocycles. The predicted octanol–water partition coefficient (Wildman–Crippen LogP) is 2.60. The molecule has 0 spiro atoms. The maximum atomic E-state index is 12.1. The Kier molecular flexibility index (Phi) is 3.41. The molecule has 0 fully saturated rings. The largest absolute Gasteiger partial charge is 0.461 e. The highest BCUT2D eigenvalue weighted by Gasteiger charge is 2.30. The van der Waals surface area contributed by atoms with Gasteiger partial charge in [0.15, 0.2) is 5.69 Å². The third-order valence-corrected chi connectivity index (χ3v) is 3.84. The molecule has 0 aliphatic carbocycles. The van der Waals surface area contributed by atoms with E-state index in [0.29, 0.717) is 18.8 Å². The zero-order valence-corrected chi connectivity index (χ0v) is 12.6. The molecule has 5 nitrogen and oxygen atoms in total. The van der Waals surface area contributed by atoms with Crippen molar-refractivity contribution in [2.24, 2.45) is 7.05 Å². The third kappa shape index (κ3) is 2.09. The van der Waals surface area contributed by atoms with Crippen LogP contribution < -0.4 is 4.90 Å². The molecule has 0 radical (unpaired) electrons. The van der Waals surface area contributed by atoms with Crippen LogP contribution in [0.1, 0.15) is 29.9 Å². The number of hydrogen-bond donors (Lipinski definition) is 0. The van der Waals surface area contributed by atoms with E-state index in [0.717, 1.165) is 23.4 Å². The molecule has 0 bridgehead atoms. The highest BCUT2D eigenvalue weighted by Crippen LogP contribution is 2.39. The van der Waals surface area contributed by atoms with Crippen molar-refractivity contribution in [1.82, 2.24) is 9.78 Å². The Labute approximate surface area is 124 Å². The minimum absolute atomic E-state index is 0.343. The molecule has 0 atom stereocenters. The van der Waals surface area contributed by atoms with Crippen LogP contribution in [0, 0.1) is 0 Å². The van der Waals surface area contributed by atoms with Gasteiger partial charge in [-0.25, -0.2) is 4.79 Å². The maximum Gasteiger partial charge on any atom is 0.359 e. The second-order valence-corrected chi connectivity index (χ2v) is 5.05. The Bertz CT molecular complexity index is 691. The summed E-state index contributed by atoms with van der Waals surface area (Å²) in [5, 5.41) is 4.39. The molecule has 1 aromatic carbocycles. The summed E-state index contributed by atoms with van der Waals surface area (Å²) < 4.78 is 6.92. The zero-order valence-electron chi connectivity index (χ0n) is 12.6. The molecule has 2 aromatic rings. The first-order chi connectivity index (χ1) is 10.2. The van der Waals surface area contributed by atoms with Crippen molar-refractivity contribution in [1.29, 1.82) is 0 Å². The summed E-state index contributed by atoms with van der Waals surface area (Å²) in [6, 6.07) is 8.24. The SMILES string of the molecule is CCOC(=O)c1nn(C)c2c1CN(CC)c1ccccc1-2. The minimum Gasteiger partial charge on any atom is -0.461 e. The Balaban J connectivity index is 2.18. The van der Waals surface area contributed by atoms with E-state index in [1.54, 1.807) is 11.6 Å². The maximum absolute atomic E-state index is 12.1. The first-order valence-corrected chi connectivity index (χ1v) is 7.24. The lowest BCUT2D eigenvalue weighted by atomic mass is 9.98. The fourth-order valence-corrected chi connectivity index (χ4v) is 2.93. The number of ether oxygens (including phenoxy) is 1. The van der Waals surface area contributed by atoms with Crippen LogP contribution in [0.3, 0.4) is 0 Å². The van der Waals surface area contributed by atoms with Gasteiger partial charge >= 0.3 is 5.97 Å². The predicted molar refractivity (Wildman–Crippen MR) is 81.3 cm³/mol. The van der Waals surface area contributed by atoms with E-state index in [4.69, 9.17) is 4.74 Å². The van der Waals surface area contributed by atoms with Gasteiger partial charge in [0.25, 0.3) is 0 Å². The Morgan fingerprint density at radius 1 is 1.33 bits per heavy atom. The zero-order chi connectivity index (χ0) is 15.0. The van der Waals surface area contributed by atoms with Gasteiger partial charge in [-0.2, -0.15) is 5.10 Å². The molecule has 110 valence electrons. The smallest absolute Gasteiger partial charge is 0.359 e. The van der Waals surface area contributed by atoms with E-state index >= 15 is 0 Å². The van der Waals surface area contributed by atoms with Gasteiger partial charge in [0.2, 0.25) is 0 Å². The summed E-state index contributed by atoms with van der Waals surface area (Å²) in [6.07, 6.45) is 0. The molecule has 0 unspecified atom stereocenters. The molecule has 21 heavy (non-hydrogen) atoms. The average molecular weight is 285 g/mol. The van der Waals surface area contributed by atoms with Crippen molar-refractivity contribution >= 4 is 11.7 Å². The van der Waals surface area contributed by atoms with Crippen LogP contribution in [0.15, 0.2) is 24.3 Å². The molecule has 2 heterocycles. The molecule has 5 heteroatoms. The second-order valence-electron chi connectivity index (χ2n) is 5.05. The molecule has 0 saturated heterocycles. The summed E-state index contributed by atoms with van der Waals surface area (Å²) in [4.78, 5) is 14.4. The monoisotopic (exact) mass is 285 g/mol. The number of rotatable bonds is 3. The molecular weight excluding hydrogens is 266 g/mol. The van der Waals surface area contributed by atoms with Crippen LogP contribution in [0.5, 0.6) is 0 Å². The molecular formula is C16H19N3O2. The molecule has 0 amide bonds. The number of fused-ring (bicyclic) bond motifs is 3. The number of benzene rings is 1. The van der Waals surface area contributed by atoms with Gasteiger partial charge in [-0.15, -0.1) is 0 Å². The number of anilines is 1. The number of nitrogens with zero attached hydrogens (tertiary/aromatic N) is 3. The Morgan fingerprint density at radius 2 is 2.10 bits per heavy atom. The van der Waals surface area contributed by atoms with E-state index in [2.05, 4.69) is 29.1 Å². The number of para-hydroxylation sites is 1. The first-order valence-electron chi connectivity index (χ1n) is 7.24.